The van der Waals surface area contributed by atoms with Crippen molar-refractivity contribution in [1.82, 2.24) is 5.32 Å². The summed E-state index contributed by atoms with van der Waals surface area (Å²) < 4.78 is 21.4. The van der Waals surface area contributed by atoms with E-state index in [1.165, 1.54) is 19.2 Å². The van der Waals surface area contributed by atoms with Gasteiger partial charge in [0.1, 0.15) is 11.9 Å². The van der Waals surface area contributed by atoms with Gasteiger partial charge in [0.15, 0.2) is 6.10 Å². The normalized spacial score (nSPS) is 24.9. The Labute approximate surface area is 195 Å². The summed E-state index contributed by atoms with van der Waals surface area (Å²) in [5.74, 6) is -2.91. The highest BCUT2D eigenvalue weighted by atomic mass is 35.5. The van der Waals surface area contributed by atoms with Crippen molar-refractivity contribution < 1.29 is 37.9 Å². The molecule has 2 bridgehead atoms. The van der Waals surface area contributed by atoms with E-state index >= 15 is 0 Å². The SMILES string of the molecule is COC(=O)[C@@H]1O[B-]2(C(CC(=O)CNC(=O)c3cc(Cl)ccc3Cl)CC(C)C)OC(=O)[C@H]1O2. The Balaban J connectivity index is 1.69. The maximum atomic E-state index is 12.7. The molecule has 2 aliphatic rings. The van der Waals surface area contributed by atoms with E-state index in [2.05, 4.69) is 10.1 Å². The molecule has 1 aromatic rings. The van der Waals surface area contributed by atoms with Crippen LogP contribution in [-0.2, 0) is 33.1 Å². The van der Waals surface area contributed by atoms with Crippen LogP contribution in [0.4, 0.5) is 0 Å². The Morgan fingerprint density at radius 1 is 1.22 bits per heavy atom. The Kier molecular flexibility index (Phi) is 7.49. The number of amides is 1. The second-order valence-electron chi connectivity index (χ2n) is 8.21. The van der Waals surface area contributed by atoms with Crippen LogP contribution in [-0.4, -0.2) is 56.2 Å². The number of carbonyl (C=O) groups is 4. The van der Waals surface area contributed by atoms with Gasteiger partial charge in [-0.3, -0.25) is 14.4 Å². The standard InChI is InChI=1S/C20H23BCl2NO8/c1-10(2)6-11(21-30-16(19(27)29-3)17(31-21)20(28)32-21)7-13(25)9-24-18(26)14-8-12(22)4-5-15(14)23/h4-5,8,10-11,16-17H,6-7,9H2,1-3H3,(H,24,26)/q-1/t11?,16-,17+,21?/m1/s1. The lowest BCUT2D eigenvalue weighted by Crippen LogP contribution is -2.51. The molecule has 9 nitrogen and oxygen atoms in total. The van der Waals surface area contributed by atoms with Crippen LogP contribution in [0.25, 0.3) is 0 Å². The summed E-state index contributed by atoms with van der Waals surface area (Å²) in [6, 6.07) is 4.43. The third-order valence-electron chi connectivity index (χ3n) is 5.35. The molecule has 12 heteroatoms. The van der Waals surface area contributed by atoms with Gasteiger partial charge < -0.3 is 24.0 Å². The van der Waals surface area contributed by atoms with Crippen molar-refractivity contribution in [3.63, 3.8) is 0 Å². The first-order chi connectivity index (χ1) is 15.1. The first kappa shape index (κ1) is 24.5. The van der Waals surface area contributed by atoms with Crippen LogP contribution in [0.15, 0.2) is 18.2 Å². The number of hydrogen-bond donors (Lipinski definition) is 1. The number of rotatable bonds is 9. The number of benzene rings is 1. The first-order valence-corrected chi connectivity index (χ1v) is 10.9. The summed E-state index contributed by atoms with van der Waals surface area (Å²) in [5, 5.41) is 3.04. The third kappa shape index (κ3) is 5.09. The van der Waals surface area contributed by atoms with Gasteiger partial charge in [-0.15, -0.1) is 0 Å². The lowest BCUT2D eigenvalue weighted by atomic mass is 9.58. The lowest BCUT2D eigenvalue weighted by molar-refractivity contribution is -0.159. The number of ether oxygens (including phenoxy) is 1. The van der Waals surface area contributed by atoms with Gasteiger partial charge in [0.2, 0.25) is 0 Å². The largest absolute Gasteiger partial charge is 0.641 e. The highest BCUT2D eigenvalue weighted by Gasteiger charge is 2.61. The van der Waals surface area contributed by atoms with Gasteiger partial charge in [0, 0.05) is 5.02 Å². The molecule has 3 rings (SSSR count). The third-order valence-corrected chi connectivity index (χ3v) is 5.92. The monoisotopic (exact) mass is 486 g/mol. The molecule has 0 saturated carbocycles. The molecular weight excluding hydrogens is 464 g/mol. The number of ketones is 1. The number of carbonyl (C=O) groups excluding carboxylic acids is 4. The van der Waals surface area contributed by atoms with Crippen LogP contribution >= 0.6 is 23.2 Å². The zero-order valence-electron chi connectivity index (χ0n) is 17.8. The van der Waals surface area contributed by atoms with Gasteiger partial charge in [0.25, 0.3) is 11.9 Å². The molecule has 2 aliphatic heterocycles. The van der Waals surface area contributed by atoms with E-state index in [9.17, 15) is 19.2 Å². The predicted molar refractivity (Wildman–Crippen MR) is 115 cm³/mol. The number of hydrogen-bond acceptors (Lipinski definition) is 8. The maximum Gasteiger partial charge on any atom is 0.441 e. The van der Waals surface area contributed by atoms with E-state index in [-0.39, 0.29) is 35.3 Å². The molecule has 174 valence electrons. The second-order valence-corrected chi connectivity index (χ2v) is 9.05. The van der Waals surface area contributed by atoms with E-state index in [1.54, 1.807) is 6.07 Å². The minimum atomic E-state index is -2.67. The number of esters is 1. The summed E-state index contributed by atoms with van der Waals surface area (Å²) in [6.45, 7) is 0.892. The van der Waals surface area contributed by atoms with Gasteiger partial charge >= 0.3 is 12.7 Å². The molecule has 1 amide bonds. The molecule has 0 radical (unpaired) electrons. The molecule has 0 aromatic heterocycles. The molecule has 0 aliphatic carbocycles. The second kappa shape index (κ2) is 9.78. The predicted octanol–water partition coefficient (Wildman–Crippen LogP) is 2.55. The quantitative estimate of drug-likeness (QED) is 0.418. The molecule has 2 saturated heterocycles. The fourth-order valence-corrected chi connectivity index (χ4v) is 4.35. The minimum Gasteiger partial charge on any atom is -0.641 e. The topological polar surface area (TPSA) is 117 Å². The van der Waals surface area contributed by atoms with E-state index in [1.807, 2.05) is 13.8 Å². The van der Waals surface area contributed by atoms with Crippen molar-refractivity contribution >= 4 is 53.6 Å². The van der Waals surface area contributed by atoms with Crippen molar-refractivity contribution in [2.45, 2.75) is 44.7 Å². The van der Waals surface area contributed by atoms with E-state index in [0.29, 0.717) is 11.4 Å². The molecule has 0 spiro atoms. The lowest BCUT2D eigenvalue weighted by Gasteiger charge is -2.40. The van der Waals surface area contributed by atoms with Crippen molar-refractivity contribution in [3.05, 3.63) is 33.8 Å². The molecular formula is C20H23BCl2NO8-. The molecule has 1 aromatic carbocycles. The summed E-state index contributed by atoms with van der Waals surface area (Å²) in [6.07, 6.45) is -2.14. The summed E-state index contributed by atoms with van der Waals surface area (Å²) in [4.78, 5) is 49.2. The Bertz CT molecular complexity index is 942. The van der Waals surface area contributed by atoms with Crippen molar-refractivity contribution in [2.24, 2.45) is 5.92 Å². The van der Waals surface area contributed by atoms with Crippen LogP contribution < -0.4 is 5.32 Å². The molecule has 4 atom stereocenters. The van der Waals surface area contributed by atoms with Gasteiger partial charge in [-0.2, -0.15) is 0 Å². The number of halogens is 2. The van der Waals surface area contributed by atoms with Crippen LogP contribution in [0.3, 0.4) is 0 Å². The van der Waals surface area contributed by atoms with Gasteiger partial charge in [-0.1, -0.05) is 49.3 Å². The minimum absolute atomic E-state index is 0.102. The zero-order chi connectivity index (χ0) is 23.6. The highest BCUT2D eigenvalue weighted by Crippen LogP contribution is 2.46. The summed E-state index contributed by atoms with van der Waals surface area (Å²) in [5.41, 5.74) is 0.143. The summed E-state index contributed by atoms with van der Waals surface area (Å²) in [7, 11) is 1.17. The number of Topliss-reactive ketones (excluding diaryl/α,β-unsaturated/α-hetero) is 1. The van der Waals surface area contributed by atoms with Gasteiger partial charge in [-0.05, 0) is 30.5 Å². The zero-order valence-corrected chi connectivity index (χ0v) is 19.3. The average molecular weight is 487 g/mol. The van der Waals surface area contributed by atoms with Crippen molar-refractivity contribution in [2.75, 3.05) is 13.7 Å². The maximum absolute atomic E-state index is 12.7. The van der Waals surface area contributed by atoms with Gasteiger partial charge in [-0.25, -0.2) is 4.79 Å². The number of nitrogens with one attached hydrogen (secondary N) is 1. The Hall–Kier alpha value is -2.14. The fraction of sp³-hybridized carbons (Fsp3) is 0.500. The van der Waals surface area contributed by atoms with Crippen LogP contribution in [0, 0.1) is 5.92 Å². The molecule has 2 heterocycles. The van der Waals surface area contributed by atoms with Crippen LogP contribution in [0.1, 0.15) is 37.0 Å². The molecule has 1 N–H and O–H groups in total. The van der Waals surface area contributed by atoms with Gasteiger partial charge in [0.05, 0.1) is 24.2 Å². The van der Waals surface area contributed by atoms with E-state index in [0.717, 1.165) is 0 Å². The highest BCUT2D eigenvalue weighted by molar-refractivity contribution is 6.67. The summed E-state index contributed by atoms with van der Waals surface area (Å²) >= 11 is 11.9. The van der Waals surface area contributed by atoms with Crippen molar-refractivity contribution in [1.29, 1.82) is 0 Å². The molecule has 2 fully saturated rings. The Morgan fingerprint density at radius 2 is 1.94 bits per heavy atom. The molecule has 2 unspecified atom stereocenters. The number of fused-ring (bicyclic) bond motifs is 2. The molecule has 32 heavy (non-hydrogen) atoms. The fourth-order valence-electron chi connectivity index (χ4n) is 3.97. The Morgan fingerprint density at radius 3 is 2.59 bits per heavy atom. The number of methoxy groups -OCH3 is 1. The van der Waals surface area contributed by atoms with Crippen molar-refractivity contribution in [3.8, 4) is 0 Å². The van der Waals surface area contributed by atoms with E-state index in [4.69, 9.17) is 37.2 Å². The van der Waals surface area contributed by atoms with Crippen LogP contribution in [0.5, 0.6) is 0 Å². The first-order valence-electron chi connectivity index (χ1n) is 10.1. The average Bonchev–Trinajstić information content (AvgIpc) is 3.28. The van der Waals surface area contributed by atoms with E-state index < -0.39 is 42.6 Å². The van der Waals surface area contributed by atoms with Crippen LogP contribution in [0.2, 0.25) is 15.9 Å². The smallest absolute Gasteiger partial charge is 0.441 e.